The number of aromatic nitrogens is 1. The summed E-state index contributed by atoms with van der Waals surface area (Å²) in [5.41, 5.74) is 8.02. The van der Waals surface area contributed by atoms with Crippen LogP contribution in [-0.2, 0) is 10.1 Å². The number of azo groups is 1. The van der Waals surface area contributed by atoms with E-state index in [1.807, 2.05) is 0 Å². The van der Waals surface area contributed by atoms with Gasteiger partial charge in [-0.1, -0.05) is 36.4 Å². The van der Waals surface area contributed by atoms with Crippen molar-refractivity contribution < 1.29 is 18.1 Å². The Morgan fingerprint density at radius 1 is 0.900 bits per heavy atom. The molecule has 0 saturated heterocycles. The molecule has 4 rings (SSSR count). The van der Waals surface area contributed by atoms with Gasteiger partial charge in [0, 0.05) is 16.3 Å². The van der Waals surface area contributed by atoms with Crippen molar-refractivity contribution in [2.45, 2.75) is 4.90 Å². The monoisotopic (exact) mass is 420 g/mol. The van der Waals surface area contributed by atoms with Gasteiger partial charge in [-0.25, -0.2) is 0 Å². The van der Waals surface area contributed by atoms with Crippen molar-refractivity contribution in [2.75, 3.05) is 5.73 Å². The number of hydrogen-bond donors (Lipinski definition) is 3. The van der Waals surface area contributed by atoms with Crippen LogP contribution in [0, 0.1) is 0 Å². The molecule has 0 aliphatic carbocycles. The predicted molar refractivity (Wildman–Crippen MR) is 114 cm³/mol. The Balaban J connectivity index is 1.72. The number of phenols is 1. The van der Waals surface area contributed by atoms with E-state index in [0.717, 1.165) is 0 Å². The summed E-state index contributed by atoms with van der Waals surface area (Å²) >= 11 is 0. The second-order valence-electron chi connectivity index (χ2n) is 6.45. The summed E-state index contributed by atoms with van der Waals surface area (Å²) in [6.07, 6.45) is 1.46. The van der Waals surface area contributed by atoms with E-state index in [0.29, 0.717) is 27.7 Å². The SMILES string of the molecule is Nc1c(/N=N/c2ccc(-c3ccccc3O)nc2)cc(S(=O)(=O)O)c2ccccc12. The first kappa shape index (κ1) is 19.5. The lowest BCUT2D eigenvalue weighted by atomic mass is 10.1. The number of para-hydroxylation sites is 1. The van der Waals surface area contributed by atoms with E-state index >= 15 is 0 Å². The van der Waals surface area contributed by atoms with Crippen molar-refractivity contribution in [3.05, 3.63) is 72.9 Å². The van der Waals surface area contributed by atoms with Crippen molar-refractivity contribution in [3.63, 3.8) is 0 Å². The Morgan fingerprint density at radius 2 is 1.60 bits per heavy atom. The van der Waals surface area contributed by atoms with Gasteiger partial charge in [-0.05, 0) is 30.3 Å². The molecule has 0 fully saturated rings. The summed E-state index contributed by atoms with van der Waals surface area (Å²) in [6.45, 7) is 0. The Morgan fingerprint density at radius 3 is 2.27 bits per heavy atom. The Hall–Kier alpha value is -3.82. The van der Waals surface area contributed by atoms with Crippen LogP contribution < -0.4 is 5.73 Å². The highest BCUT2D eigenvalue weighted by atomic mass is 32.2. The maximum atomic E-state index is 11.8. The molecular formula is C21H16N4O4S. The van der Waals surface area contributed by atoms with Gasteiger partial charge in [0.2, 0.25) is 0 Å². The van der Waals surface area contributed by atoms with E-state index in [-0.39, 0.29) is 22.0 Å². The molecule has 0 aliphatic heterocycles. The lowest BCUT2D eigenvalue weighted by Crippen LogP contribution is -2.01. The zero-order valence-electron chi connectivity index (χ0n) is 15.5. The van der Waals surface area contributed by atoms with E-state index in [2.05, 4.69) is 15.2 Å². The van der Waals surface area contributed by atoms with Crippen LogP contribution in [0.25, 0.3) is 22.0 Å². The number of nitrogens with zero attached hydrogens (tertiary/aromatic N) is 3. The second-order valence-corrected chi connectivity index (χ2v) is 7.84. The minimum atomic E-state index is -4.49. The van der Waals surface area contributed by atoms with Gasteiger partial charge in [0.25, 0.3) is 10.1 Å². The highest BCUT2D eigenvalue weighted by Crippen LogP contribution is 2.37. The van der Waals surface area contributed by atoms with Crippen LogP contribution in [0.3, 0.4) is 0 Å². The number of rotatable bonds is 4. The van der Waals surface area contributed by atoms with E-state index < -0.39 is 10.1 Å². The van der Waals surface area contributed by atoms with Crippen molar-refractivity contribution in [1.29, 1.82) is 0 Å². The quantitative estimate of drug-likeness (QED) is 0.245. The molecule has 3 aromatic carbocycles. The van der Waals surface area contributed by atoms with Crippen LogP contribution in [0.5, 0.6) is 5.75 Å². The molecule has 4 N–H and O–H groups in total. The van der Waals surface area contributed by atoms with Gasteiger partial charge < -0.3 is 10.8 Å². The molecular weight excluding hydrogens is 404 g/mol. The van der Waals surface area contributed by atoms with Crippen molar-refractivity contribution in [2.24, 2.45) is 10.2 Å². The van der Waals surface area contributed by atoms with E-state index in [9.17, 15) is 18.1 Å². The smallest absolute Gasteiger partial charge is 0.295 e. The molecule has 30 heavy (non-hydrogen) atoms. The maximum absolute atomic E-state index is 11.8. The molecule has 0 unspecified atom stereocenters. The van der Waals surface area contributed by atoms with Gasteiger partial charge in [-0.2, -0.15) is 8.42 Å². The fourth-order valence-corrected chi connectivity index (χ4v) is 3.77. The van der Waals surface area contributed by atoms with Crippen LogP contribution >= 0.6 is 0 Å². The van der Waals surface area contributed by atoms with Gasteiger partial charge >= 0.3 is 0 Å². The normalized spacial score (nSPS) is 11.9. The number of nitrogen functional groups attached to an aromatic ring is 1. The predicted octanol–water partition coefficient (Wildman–Crippen LogP) is 4.85. The number of aromatic hydroxyl groups is 1. The molecule has 150 valence electrons. The molecule has 0 amide bonds. The Kier molecular flexibility index (Phi) is 4.90. The number of phenolic OH excluding ortho intramolecular Hbond substituents is 1. The van der Waals surface area contributed by atoms with E-state index in [1.54, 1.807) is 60.7 Å². The third-order valence-corrected chi connectivity index (χ3v) is 5.40. The number of anilines is 1. The standard InChI is InChI=1S/C21H16N4O4S/c22-21-15-6-2-1-5-14(15)20(30(27,28)29)11-18(21)25-24-13-9-10-17(23-12-13)16-7-3-4-8-19(16)26/h1-12,26H,22H2,(H,27,28,29)/b25-24+. The first-order valence-electron chi connectivity index (χ1n) is 8.79. The lowest BCUT2D eigenvalue weighted by molar-refractivity contribution is 0.477. The minimum absolute atomic E-state index is 0.103. The summed E-state index contributed by atoms with van der Waals surface area (Å²) in [5.74, 6) is 0.112. The molecule has 8 nitrogen and oxygen atoms in total. The average molecular weight is 420 g/mol. The summed E-state index contributed by atoms with van der Waals surface area (Å²) in [4.78, 5) is 3.97. The van der Waals surface area contributed by atoms with Gasteiger partial charge in [-0.15, -0.1) is 10.2 Å². The Bertz CT molecular complexity index is 1380. The fraction of sp³-hybridized carbons (Fsp3) is 0. The van der Waals surface area contributed by atoms with Gasteiger partial charge in [0.1, 0.15) is 22.0 Å². The molecule has 1 aromatic heterocycles. The van der Waals surface area contributed by atoms with Gasteiger partial charge in [0.15, 0.2) is 0 Å². The molecule has 0 saturated carbocycles. The van der Waals surface area contributed by atoms with Crippen LogP contribution in [-0.4, -0.2) is 23.1 Å². The third-order valence-electron chi connectivity index (χ3n) is 4.51. The fourth-order valence-electron chi connectivity index (χ4n) is 3.05. The number of pyridine rings is 1. The molecule has 9 heteroatoms. The molecule has 0 bridgehead atoms. The summed E-state index contributed by atoms with van der Waals surface area (Å²) in [5, 5.41) is 18.8. The van der Waals surface area contributed by atoms with Crippen molar-refractivity contribution in [3.8, 4) is 17.0 Å². The van der Waals surface area contributed by atoms with E-state index in [1.165, 1.54) is 12.3 Å². The van der Waals surface area contributed by atoms with Gasteiger partial charge in [0.05, 0.1) is 17.6 Å². The third kappa shape index (κ3) is 3.71. The molecule has 0 aliphatic rings. The largest absolute Gasteiger partial charge is 0.507 e. The maximum Gasteiger partial charge on any atom is 0.295 e. The summed E-state index contributed by atoms with van der Waals surface area (Å²) in [6, 6.07) is 17.9. The van der Waals surface area contributed by atoms with Crippen LogP contribution in [0.4, 0.5) is 17.1 Å². The van der Waals surface area contributed by atoms with Crippen LogP contribution in [0.1, 0.15) is 0 Å². The topological polar surface area (TPSA) is 138 Å². The molecule has 0 atom stereocenters. The molecule has 4 aromatic rings. The number of fused-ring (bicyclic) bond motifs is 1. The first-order chi connectivity index (χ1) is 14.3. The number of nitrogens with two attached hydrogens (primary N) is 1. The van der Waals surface area contributed by atoms with Gasteiger partial charge in [-0.3, -0.25) is 9.54 Å². The first-order valence-corrected chi connectivity index (χ1v) is 10.2. The summed E-state index contributed by atoms with van der Waals surface area (Å²) in [7, 11) is -4.49. The molecule has 0 radical (unpaired) electrons. The molecule has 0 spiro atoms. The van der Waals surface area contributed by atoms with Crippen molar-refractivity contribution >= 4 is 38.0 Å². The number of hydrogen-bond acceptors (Lipinski definition) is 7. The Labute approximate surface area is 172 Å². The number of benzene rings is 3. The molecule has 1 heterocycles. The summed E-state index contributed by atoms with van der Waals surface area (Å²) < 4.78 is 33.2. The second kappa shape index (κ2) is 7.54. The highest BCUT2D eigenvalue weighted by molar-refractivity contribution is 7.86. The highest BCUT2D eigenvalue weighted by Gasteiger charge is 2.18. The van der Waals surface area contributed by atoms with Crippen molar-refractivity contribution in [1.82, 2.24) is 4.98 Å². The lowest BCUT2D eigenvalue weighted by Gasteiger charge is -2.09. The average Bonchev–Trinajstić information content (AvgIpc) is 2.73. The van der Waals surface area contributed by atoms with E-state index in [4.69, 9.17) is 5.73 Å². The zero-order valence-corrected chi connectivity index (χ0v) is 16.3. The minimum Gasteiger partial charge on any atom is -0.507 e. The van der Waals surface area contributed by atoms with Crippen LogP contribution in [0.15, 0.2) is 88.1 Å². The zero-order chi connectivity index (χ0) is 21.3. The van der Waals surface area contributed by atoms with Crippen LogP contribution in [0.2, 0.25) is 0 Å².